The lowest BCUT2D eigenvalue weighted by Gasteiger charge is -2.34. The van der Waals surface area contributed by atoms with Gasteiger partial charge < -0.3 is 9.88 Å². The molecule has 6 heteroatoms. The van der Waals surface area contributed by atoms with Crippen molar-refractivity contribution in [2.45, 2.75) is 32.7 Å². The van der Waals surface area contributed by atoms with Crippen molar-refractivity contribution in [2.24, 2.45) is 0 Å². The third kappa shape index (κ3) is 3.17. The number of hydrogen-bond acceptors (Lipinski definition) is 4. The standard InChI is InChI=1S/C20H24N4O2/c1-14-18-16(6-4-7-17(18)25)22-19(14)20(26)24-11-9-23(10-12-24)13-15-5-2-3-8-21-15/h2-3,5,8,22H,4,6-7,9-13H2,1H3. The molecule has 1 fully saturated rings. The number of Topliss-reactive ketones (excluding diaryl/α,β-unsaturated/α-hetero) is 1. The highest BCUT2D eigenvalue weighted by Crippen LogP contribution is 2.27. The Kier molecular flexibility index (Phi) is 4.59. The summed E-state index contributed by atoms with van der Waals surface area (Å²) < 4.78 is 0. The summed E-state index contributed by atoms with van der Waals surface area (Å²) in [5, 5.41) is 0. The zero-order valence-electron chi connectivity index (χ0n) is 15.1. The highest BCUT2D eigenvalue weighted by atomic mass is 16.2. The van der Waals surface area contributed by atoms with Crippen LogP contribution in [0.5, 0.6) is 0 Å². The zero-order valence-corrected chi connectivity index (χ0v) is 15.1. The summed E-state index contributed by atoms with van der Waals surface area (Å²) >= 11 is 0. The Morgan fingerprint density at radius 1 is 1.19 bits per heavy atom. The van der Waals surface area contributed by atoms with Gasteiger partial charge in [-0.3, -0.25) is 19.5 Å². The molecule has 6 nitrogen and oxygen atoms in total. The second-order valence-corrected chi connectivity index (χ2v) is 7.14. The molecule has 0 radical (unpaired) electrons. The molecular formula is C20H24N4O2. The highest BCUT2D eigenvalue weighted by molar-refractivity contribution is 6.04. The van der Waals surface area contributed by atoms with Gasteiger partial charge in [0.2, 0.25) is 0 Å². The summed E-state index contributed by atoms with van der Waals surface area (Å²) in [7, 11) is 0. The van der Waals surface area contributed by atoms with Crippen LogP contribution in [0.3, 0.4) is 0 Å². The molecule has 1 N–H and O–H groups in total. The van der Waals surface area contributed by atoms with Gasteiger partial charge >= 0.3 is 0 Å². The van der Waals surface area contributed by atoms with Crippen molar-refractivity contribution in [2.75, 3.05) is 26.2 Å². The molecule has 2 aliphatic rings. The predicted octanol–water partition coefficient (Wildman–Crippen LogP) is 2.20. The third-order valence-corrected chi connectivity index (χ3v) is 5.42. The molecule has 0 unspecified atom stereocenters. The predicted molar refractivity (Wildman–Crippen MR) is 98.2 cm³/mol. The monoisotopic (exact) mass is 352 g/mol. The minimum absolute atomic E-state index is 0.0159. The minimum Gasteiger partial charge on any atom is -0.354 e. The van der Waals surface area contributed by atoms with Crippen molar-refractivity contribution >= 4 is 11.7 Å². The second-order valence-electron chi connectivity index (χ2n) is 7.14. The number of carbonyl (C=O) groups excluding carboxylic acids is 2. The van der Waals surface area contributed by atoms with Crippen molar-refractivity contribution in [3.8, 4) is 0 Å². The van der Waals surface area contributed by atoms with Gasteiger partial charge in [-0.15, -0.1) is 0 Å². The normalized spacial score (nSPS) is 18.0. The Balaban J connectivity index is 1.42. The summed E-state index contributed by atoms with van der Waals surface area (Å²) in [5.41, 5.74) is 4.18. The van der Waals surface area contributed by atoms with Crippen LogP contribution in [0.1, 0.15) is 50.6 Å². The molecule has 26 heavy (non-hydrogen) atoms. The van der Waals surface area contributed by atoms with E-state index in [1.807, 2.05) is 36.2 Å². The van der Waals surface area contributed by atoms with Crippen LogP contribution in [0.15, 0.2) is 24.4 Å². The molecule has 2 aromatic rings. The average molecular weight is 352 g/mol. The highest BCUT2D eigenvalue weighted by Gasteiger charge is 2.29. The smallest absolute Gasteiger partial charge is 0.270 e. The molecule has 0 bridgehead atoms. The van der Waals surface area contributed by atoms with E-state index in [2.05, 4.69) is 14.9 Å². The molecule has 0 aromatic carbocycles. The van der Waals surface area contributed by atoms with Gasteiger partial charge in [-0.25, -0.2) is 0 Å². The number of nitrogens with one attached hydrogen (secondary N) is 1. The van der Waals surface area contributed by atoms with Crippen molar-refractivity contribution < 1.29 is 9.59 Å². The van der Waals surface area contributed by atoms with Gasteiger partial charge in [0.1, 0.15) is 5.69 Å². The summed E-state index contributed by atoms with van der Waals surface area (Å²) in [6.07, 6.45) is 4.12. The van der Waals surface area contributed by atoms with Crippen molar-refractivity contribution in [1.82, 2.24) is 19.8 Å². The molecule has 1 aliphatic heterocycles. The van der Waals surface area contributed by atoms with E-state index in [9.17, 15) is 9.59 Å². The Morgan fingerprint density at radius 3 is 2.69 bits per heavy atom. The van der Waals surface area contributed by atoms with E-state index in [0.717, 1.165) is 55.0 Å². The van der Waals surface area contributed by atoms with Crippen LogP contribution in [0.4, 0.5) is 0 Å². The van der Waals surface area contributed by atoms with Gasteiger partial charge in [0.15, 0.2) is 5.78 Å². The van der Waals surface area contributed by atoms with E-state index in [1.165, 1.54) is 0 Å². The van der Waals surface area contributed by atoms with E-state index in [0.29, 0.717) is 25.2 Å². The fourth-order valence-corrected chi connectivity index (χ4v) is 3.98. The number of pyridine rings is 1. The number of aryl methyl sites for hydroxylation is 1. The number of H-pyrrole nitrogens is 1. The van der Waals surface area contributed by atoms with Crippen LogP contribution < -0.4 is 0 Å². The molecular weight excluding hydrogens is 328 g/mol. The first-order valence-corrected chi connectivity index (χ1v) is 9.29. The van der Waals surface area contributed by atoms with Gasteiger partial charge in [-0.2, -0.15) is 0 Å². The average Bonchev–Trinajstić information content (AvgIpc) is 3.01. The quantitative estimate of drug-likeness (QED) is 0.919. The lowest BCUT2D eigenvalue weighted by Crippen LogP contribution is -2.48. The van der Waals surface area contributed by atoms with E-state index >= 15 is 0 Å². The molecule has 3 heterocycles. The van der Waals surface area contributed by atoms with E-state index in [-0.39, 0.29) is 11.7 Å². The summed E-state index contributed by atoms with van der Waals surface area (Å²) in [6.45, 7) is 5.77. The number of aromatic amines is 1. The van der Waals surface area contributed by atoms with Crippen LogP contribution >= 0.6 is 0 Å². The number of fused-ring (bicyclic) bond motifs is 1. The number of piperazine rings is 1. The largest absolute Gasteiger partial charge is 0.354 e. The molecule has 2 aromatic heterocycles. The van der Waals surface area contributed by atoms with Gasteiger partial charge in [0.05, 0.1) is 5.69 Å². The maximum absolute atomic E-state index is 13.0. The summed E-state index contributed by atoms with van der Waals surface area (Å²) in [6, 6.07) is 5.95. The van der Waals surface area contributed by atoms with Crippen molar-refractivity contribution in [1.29, 1.82) is 0 Å². The second kappa shape index (κ2) is 7.03. The third-order valence-electron chi connectivity index (χ3n) is 5.42. The first-order valence-electron chi connectivity index (χ1n) is 9.29. The van der Waals surface area contributed by atoms with Gasteiger partial charge in [-0.05, 0) is 37.5 Å². The number of hydrogen-bond donors (Lipinski definition) is 1. The lowest BCUT2D eigenvalue weighted by molar-refractivity contribution is 0.0621. The zero-order chi connectivity index (χ0) is 18.1. The number of amides is 1. The van der Waals surface area contributed by atoms with Crippen LogP contribution in [0, 0.1) is 6.92 Å². The summed E-state index contributed by atoms with van der Waals surface area (Å²) in [5.74, 6) is 0.182. The fraction of sp³-hybridized carbons (Fsp3) is 0.450. The van der Waals surface area contributed by atoms with E-state index in [4.69, 9.17) is 0 Å². The molecule has 0 saturated carbocycles. The Hall–Kier alpha value is -2.47. The number of rotatable bonds is 3. The van der Waals surface area contributed by atoms with Crippen molar-refractivity contribution in [3.63, 3.8) is 0 Å². The van der Waals surface area contributed by atoms with Crippen LogP contribution in [-0.2, 0) is 13.0 Å². The first kappa shape index (κ1) is 17.0. The van der Waals surface area contributed by atoms with E-state index in [1.54, 1.807) is 0 Å². The molecule has 136 valence electrons. The van der Waals surface area contributed by atoms with Crippen LogP contribution in [0.2, 0.25) is 0 Å². The lowest BCUT2D eigenvalue weighted by atomic mass is 9.93. The molecule has 1 amide bonds. The Morgan fingerprint density at radius 2 is 2.00 bits per heavy atom. The fourth-order valence-electron chi connectivity index (χ4n) is 3.98. The molecule has 0 spiro atoms. The molecule has 1 saturated heterocycles. The number of ketones is 1. The number of nitrogens with zero attached hydrogens (tertiary/aromatic N) is 3. The van der Waals surface area contributed by atoms with Gasteiger partial charge in [0, 0.05) is 56.6 Å². The Labute approximate surface area is 153 Å². The SMILES string of the molecule is Cc1c(C(=O)N2CCN(Cc3ccccn3)CC2)[nH]c2c1C(=O)CCC2. The van der Waals surface area contributed by atoms with E-state index < -0.39 is 0 Å². The molecule has 0 atom stereocenters. The Bertz CT molecular complexity index is 820. The van der Waals surface area contributed by atoms with Gasteiger partial charge in [0.25, 0.3) is 5.91 Å². The summed E-state index contributed by atoms with van der Waals surface area (Å²) in [4.78, 5) is 37.0. The number of aromatic nitrogens is 2. The van der Waals surface area contributed by atoms with Crippen LogP contribution in [-0.4, -0.2) is 57.6 Å². The van der Waals surface area contributed by atoms with Gasteiger partial charge in [-0.1, -0.05) is 6.07 Å². The topological polar surface area (TPSA) is 69.3 Å². The maximum atomic E-state index is 13.0. The van der Waals surface area contributed by atoms with Crippen LogP contribution in [0.25, 0.3) is 0 Å². The first-order chi connectivity index (χ1) is 12.6. The molecule has 4 rings (SSSR count). The molecule has 1 aliphatic carbocycles. The minimum atomic E-state index is 0.0159. The maximum Gasteiger partial charge on any atom is 0.270 e. The number of carbonyl (C=O) groups is 2. The van der Waals surface area contributed by atoms with Crippen molar-refractivity contribution in [3.05, 3.63) is 52.6 Å².